The summed E-state index contributed by atoms with van der Waals surface area (Å²) in [5.41, 5.74) is 7.30. The highest BCUT2D eigenvalue weighted by Crippen LogP contribution is 2.35. The van der Waals surface area contributed by atoms with Crippen LogP contribution < -0.4 is 10.2 Å². The number of H-pyrrole nitrogens is 4. The largest absolute Gasteiger partial charge is 0.351 e. The van der Waals surface area contributed by atoms with E-state index in [-0.39, 0.29) is 11.6 Å². The Morgan fingerprint density at radius 2 is 1.36 bits per heavy atom. The number of carbonyl (C=O) groups excluding carboxylic acids is 2. The van der Waals surface area contributed by atoms with Crippen molar-refractivity contribution in [3.05, 3.63) is 76.2 Å². The Morgan fingerprint density at radius 3 is 2.02 bits per heavy atom. The van der Waals surface area contributed by atoms with Gasteiger partial charge in [0.15, 0.2) is 11.6 Å². The minimum absolute atomic E-state index is 0.166. The Labute approximate surface area is 311 Å². The average Bonchev–Trinajstić information content (AvgIpc) is 3.91. The maximum Gasteiger partial charge on any atom is 0.183 e. The van der Waals surface area contributed by atoms with Crippen LogP contribution in [0.5, 0.6) is 0 Å². The highest BCUT2D eigenvalue weighted by Gasteiger charge is 2.28. The van der Waals surface area contributed by atoms with Crippen LogP contribution in [0.4, 0.5) is 5.82 Å². The van der Waals surface area contributed by atoms with Crippen molar-refractivity contribution in [1.82, 2.24) is 55.6 Å². The number of hydrogen-bond donors (Lipinski definition) is 5. The number of aromatic nitrogens is 10. The molecule has 8 heterocycles. The van der Waals surface area contributed by atoms with E-state index in [9.17, 15) is 9.59 Å². The van der Waals surface area contributed by atoms with Gasteiger partial charge >= 0.3 is 0 Å². The fourth-order valence-electron chi connectivity index (χ4n) is 7.27. The van der Waals surface area contributed by atoms with Crippen LogP contribution in [0.15, 0.2) is 37.2 Å². The molecule has 0 amide bonds. The first kappa shape index (κ1) is 35.1. The van der Waals surface area contributed by atoms with Gasteiger partial charge in [-0.15, -0.1) is 0 Å². The van der Waals surface area contributed by atoms with Crippen molar-refractivity contribution >= 4 is 51.1 Å². The number of Topliss-reactive ketones (excluding diaryl/α,β-unsaturated/α-hetero) is 2. The number of nitrogens with one attached hydrogen (secondary N) is 5. The average molecular weight is 737 g/mol. The molecule has 0 aromatic carbocycles. The zero-order valence-electron chi connectivity index (χ0n) is 29.8. The number of anilines is 1. The lowest BCUT2D eigenvalue weighted by Crippen LogP contribution is -2.31. The van der Waals surface area contributed by atoms with Gasteiger partial charge in [-0.25, -0.2) is 19.9 Å². The van der Waals surface area contributed by atoms with Crippen molar-refractivity contribution in [2.75, 3.05) is 18.0 Å². The molecule has 0 radical (unpaired) electrons. The number of ketones is 2. The summed E-state index contributed by atoms with van der Waals surface area (Å²) in [5.74, 6) is 3.08. The van der Waals surface area contributed by atoms with Crippen molar-refractivity contribution in [3.63, 3.8) is 0 Å². The fraction of sp³-hybridized carbons (Fsp3) is 0.474. The van der Waals surface area contributed by atoms with Gasteiger partial charge in [0, 0.05) is 86.8 Å². The standard InChI is InChI=1S/C19H22N6O.C13H19N3O.C6H4ClN3/c26-16(3-1-2-12-4-5-12)17-14-10-25(9-7-15(14)23-24-17)19-13-6-8-20-18(13)21-11-22-19;17-12(3-1-2-9-4-5-9)13-10-8-14-7-6-11(10)15-16-13;7-5-4-1-2-8-6(4)10-3-9-5/h6,8,11-12H,1-5,7,9-10H2,(H,23,24)(H,20,21,22);9,14H,1-8H2,(H,15,16);1-3H,(H,8,9,10). The molecule has 15 heteroatoms. The summed E-state index contributed by atoms with van der Waals surface area (Å²) in [6.45, 7) is 3.27. The number of carbonyl (C=O) groups is 2. The van der Waals surface area contributed by atoms with Crippen LogP contribution in [0, 0.1) is 11.8 Å². The molecule has 2 saturated carbocycles. The summed E-state index contributed by atoms with van der Waals surface area (Å²) in [5, 5.41) is 20.3. The molecule has 0 unspecified atom stereocenters. The summed E-state index contributed by atoms with van der Waals surface area (Å²) in [6, 6.07) is 3.84. The molecule has 0 saturated heterocycles. The zero-order valence-corrected chi connectivity index (χ0v) is 30.5. The van der Waals surface area contributed by atoms with Gasteiger partial charge in [-0.3, -0.25) is 19.8 Å². The van der Waals surface area contributed by atoms with Crippen LogP contribution in [0.3, 0.4) is 0 Å². The van der Waals surface area contributed by atoms with Crippen LogP contribution in [-0.2, 0) is 25.9 Å². The molecule has 276 valence electrons. The van der Waals surface area contributed by atoms with Crippen molar-refractivity contribution in [2.45, 2.75) is 90.1 Å². The lowest BCUT2D eigenvalue weighted by Gasteiger charge is -2.28. The fourth-order valence-corrected chi connectivity index (χ4v) is 7.46. The maximum atomic E-state index is 12.7. The zero-order chi connectivity index (χ0) is 36.1. The Kier molecular flexibility index (Phi) is 10.6. The van der Waals surface area contributed by atoms with Crippen molar-refractivity contribution < 1.29 is 9.59 Å². The molecule has 4 aliphatic rings. The highest BCUT2D eigenvalue weighted by molar-refractivity contribution is 6.33. The highest BCUT2D eigenvalue weighted by atomic mass is 35.5. The number of aromatic amines is 4. The van der Waals surface area contributed by atoms with Gasteiger partial charge in [0.2, 0.25) is 0 Å². The molecule has 0 spiro atoms. The molecule has 5 N–H and O–H groups in total. The van der Waals surface area contributed by atoms with Crippen LogP contribution in [0.25, 0.3) is 22.1 Å². The van der Waals surface area contributed by atoms with Crippen molar-refractivity contribution in [1.29, 1.82) is 0 Å². The van der Waals surface area contributed by atoms with E-state index in [0.29, 0.717) is 35.9 Å². The van der Waals surface area contributed by atoms with E-state index < -0.39 is 0 Å². The molecular formula is C38H45ClN12O2. The smallest absolute Gasteiger partial charge is 0.183 e. The topological polar surface area (TPSA) is 190 Å². The van der Waals surface area contributed by atoms with E-state index in [1.54, 1.807) is 12.5 Å². The first-order valence-corrected chi connectivity index (χ1v) is 19.3. The van der Waals surface area contributed by atoms with Gasteiger partial charge in [-0.2, -0.15) is 10.2 Å². The number of fused-ring (bicyclic) bond motifs is 4. The third kappa shape index (κ3) is 8.33. The Morgan fingerprint density at radius 1 is 0.755 bits per heavy atom. The van der Waals surface area contributed by atoms with Crippen molar-refractivity contribution in [3.8, 4) is 0 Å². The Balaban J connectivity index is 0.000000126. The van der Waals surface area contributed by atoms with Crippen LogP contribution in [0.1, 0.15) is 108 Å². The predicted molar refractivity (Wildman–Crippen MR) is 202 cm³/mol. The predicted octanol–water partition coefficient (Wildman–Crippen LogP) is 6.44. The Hall–Kier alpha value is -4.95. The molecular weight excluding hydrogens is 692 g/mol. The number of hydrogen-bond acceptors (Lipinski definition) is 10. The van der Waals surface area contributed by atoms with E-state index in [1.807, 2.05) is 18.3 Å². The summed E-state index contributed by atoms with van der Waals surface area (Å²) in [7, 11) is 0. The van der Waals surface area contributed by atoms with E-state index >= 15 is 0 Å². The summed E-state index contributed by atoms with van der Waals surface area (Å²) in [4.78, 5) is 49.5. The molecule has 0 atom stereocenters. The number of nitrogens with zero attached hydrogens (tertiary/aromatic N) is 7. The molecule has 2 fully saturated rings. The summed E-state index contributed by atoms with van der Waals surface area (Å²) in [6.07, 6.45) is 19.6. The molecule has 2 aliphatic carbocycles. The quantitative estimate of drug-likeness (QED) is 0.0731. The van der Waals surface area contributed by atoms with E-state index in [0.717, 1.165) is 108 Å². The van der Waals surface area contributed by atoms with Gasteiger partial charge in [0.1, 0.15) is 46.3 Å². The first-order chi connectivity index (χ1) is 26.0. The maximum absolute atomic E-state index is 12.7. The van der Waals surface area contributed by atoms with E-state index in [2.05, 4.69) is 60.5 Å². The van der Waals surface area contributed by atoms with Crippen molar-refractivity contribution in [2.24, 2.45) is 11.8 Å². The lowest BCUT2D eigenvalue weighted by atomic mass is 10.0. The summed E-state index contributed by atoms with van der Waals surface area (Å²) < 4.78 is 0. The third-order valence-electron chi connectivity index (χ3n) is 10.6. The van der Waals surface area contributed by atoms with Gasteiger partial charge in [0.25, 0.3) is 0 Å². The second kappa shape index (κ2) is 16.0. The molecule has 6 aromatic rings. The Bertz CT molecular complexity index is 2190. The molecule has 6 aromatic heterocycles. The van der Waals surface area contributed by atoms with E-state index in [4.69, 9.17) is 11.6 Å². The SMILES string of the molecule is Clc1ncnc2[nH]ccc12.O=C(CCCC1CC1)c1n[nH]c2c1CN(c1ncnc3[nH]ccc13)CC2.O=C(CCCC1CC1)c1n[nH]c2c1CNCC2. The molecule has 14 nitrogen and oxygen atoms in total. The van der Waals surface area contributed by atoms with Gasteiger partial charge in [0.05, 0.1) is 10.8 Å². The molecule has 0 bridgehead atoms. The minimum atomic E-state index is 0.166. The number of rotatable bonds is 11. The van der Waals surface area contributed by atoms with Gasteiger partial charge < -0.3 is 20.2 Å². The van der Waals surface area contributed by atoms with Crippen LogP contribution in [-0.4, -0.2) is 75.0 Å². The number of halogens is 1. The first-order valence-electron chi connectivity index (χ1n) is 18.9. The minimum Gasteiger partial charge on any atom is -0.351 e. The second-order valence-electron chi connectivity index (χ2n) is 14.5. The van der Waals surface area contributed by atoms with E-state index in [1.165, 1.54) is 44.9 Å². The van der Waals surface area contributed by atoms with Gasteiger partial charge in [-0.05, 0) is 36.8 Å². The normalized spacial score (nSPS) is 16.4. The lowest BCUT2D eigenvalue weighted by molar-refractivity contribution is 0.0965. The van der Waals surface area contributed by atoms with Crippen LogP contribution >= 0.6 is 11.6 Å². The molecule has 10 rings (SSSR count). The monoisotopic (exact) mass is 736 g/mol. The summed E-state index contributed by atoms with van der Waals surface area (Å²) >= 11 is 5.73. The van der Waals surface area contributed by atoms with Crippen LogP contribution in [0.2, 0.25) is 5.15 Å². The third-order valence-corrected chi connectivity index (χ3v) is 10.9. The molecule has 2 aliphatic heterocycles. The second-order valence-corrected chi connectivity index (χ2v) is 14.9. The molecule has 53 heavy (non-hydrogen) atoms. The van der Waals surface area contributed by atoms with Gasteiger partial charge in [-0.1, -0.05) is 50.1 Å².